The van der Waals surface area contributed by atoms with Gasteiger partial charge in [-0.25, -0.2) is 0 Å². The first-order valence-electron chi connectivity index (χ1n) is 5.96. The molecule has 0 aliphatic heterocycles. The Kier molecular flexibility index (Phi) is 3.82. The standard InChI is InChI=1S/C15H17NOS/c1-10-4-5-13(12(3)8-10)15(17)16-9-14-11(2)6-7-18-14/h4-8H,9H2,1-3H3,(H,16,17). The largest absolute Gasteiger partial charge is 0.347 e. The molecule has 1 amide bonds. The zero-order valence-electron chi connectivity index (χ0n) is 10.9. The summed E-state index contributed by atoms with van der Waals surface area (Å²) < 4.78 is 0. The van der Waals surface area contributed by atoms with Crippen molar-refractivity contribution in [2.45, 2.75) is 27.3 Å². The molecule has 0 atom stereocenters. The second-order valence-electron chi connectivity index (χ2n) is 4.53. The first kappa shape index (κ1) is 12.8. The van der Waals surface area contributed by atoms with Crippen LogP contribution in [0.15, 0.2) is 29.6 Å². The summed E-state index contributed by atoms with van der Waals surface area (Å²) in [6, 6.07) is 7.97. The molecule has 2 aromatic rings. The topological polar surface area (TPSA) is 29.1 Å². The minimum absolute atomic E-state index is 0.000278. The van der Waals surface area contributed by atoms with E-state index in [1.165, 1.54) is 16.0 Å². The van der Waals surface area contributed by atoms with Gasteiger partial charge in [-0.2, -0.15) is 0 Å². The van der Waals surface area contributed by atoms with Crippen LogP contribution < -0.4 is 5.32 Å². The lowest BCUT2D eigenvalue weighted by Gasteiger charge is -2.08. The Labute approximate surface area is 112 Å². The molecule has 1 N–H and O–H groups in total. The van der Waals surface area contributed by atoms with E-state index in [4.69, 9.17) is 0 Å². The van der Waals surface area contributed by atoms with Gasteiger partial charge in [0.25, 0.3) is 5.91 Å². The first-order valence-corrected chi connectivity index (χ1v) is 6.84. The lowest BCUT2D eigenvalue weighted by atomic mass is 10.1. The maximum atomic E-state index is 12.1. The van der Waals surface area contributed by atoms with Crippen LogP contribution >= 0.6 is 11.3 Å². The van der Waals surface area contributed by atoms with Gasteiger partial charge in [0.15, 0.2) is 0 Å². The van der Waals surface area contributed by atoms with Gasteiger partial charge in [0.2, 0.25) is 0 Å². The highest BCUT2D eigenvalue weighted by atomic mass is 32.1. The van der Waals surface area contributed by atoms with Crippen molar-refractivity contribution in [2.75, 3.05) is 0 Å². The van der Waals surface area contributed by atoms with Crippen LogP contribution in [0.1, 0.15) is 31.9 Å². The van der Waals surface area contributed by atoms with Gasteiger partial charge in [-0.1, -0.05) is 17.7 Å². The van der Waals surface area contributed by atoms with Crippen LogP contribution in [-0.2, 0) is 6.54 Å². The summed E-state index contributed by atoms with van der Waals surface area (Å²) in [5.74, 6) is 0.000278. The van der Waals surface area contributed by atoms with E-state index < -0.39 is 0 Å². The minimum Gasteiger partial charge on any atom is -0.347 e. The molecule has 0 saturated heterocycles. The zero-order valence-corrected chi connectivity index (χ0v) is 11.7. The van der Waals surface area contributed by atoms with E-state index >= 15 is 0 Å². The maximum absolute atomic E-state index is 12.1. The number of thiophene rings is 1. The molecule has 2 nitrogen and oxygen atoms in total. The monoisotopic (exact) mass is 259 g/mol. The molecule has 18 heavy (non-hydrogen) atoms. The van der Waals surface area contributed by atoms with Crippen molar-refractivity contribution in [2.24, 2.45) is 0 Å². The van der Waals surface area contributed by atoms with Gasteiger partial charge in [0.1, 0.15) is 0 Å². The molecular formula is C15H17NOS. The van der Waals surface area contributed by atoms with E-state index in [-0.39, 0.29) is 5.91 Å². The van der Waals surface area contributed by atoms with Crippen molar-refractivity contribution >= 4 is 17.2 Å². The fourth-order valence-electron chi connectivity index (χ4n) is 1.91. The Balaban J connectivity index is 2.06. The molecule has 0 spiro atoms. The normalized spacial score (nSPS) is 10.4. The summed E-state index contributed by atoms with van der Waals surface area (Å²) >= 11 is 1.68. The summed E-state index contributed by atoms with van der Waals surface area (Å²) in [6.45, 7) is 6.67. The molecule has 94 valence electrons. The van der Waals surface area contributed by atoms with Crippen molar-refractivity contribution in [3.63, 3.8) is 0 Å². The van der Waals surface area contributed by atoms with Crippen molar-refractivity contribution in [1.82, 2.24) is 5.32 Å². The Bertz CT molecular complexity index is 572. The highest BCUT2D eigenvalue weighted by Crippen LogP contribution is 2.16. The first-order chi connectivity index (χ1) is 8.58. The van der Waals surface area contributed by atoms with Crippen LogP contribution in [0, 0.1) is 20.8 Å². The molecule has 3 heteroatoms. The summed E-state index contributed by atoms with van der Waals surface area (Å²) in [5.41, 5.74) is 4.20. The van der Waals surface area contributed by atoms with E-state index in [2.05, 4.69) is 18.3 Å². The molecule has 0 saturated carbocycles. The average Bonchev–Trinajstić information content (AvgIpc) is 2.72. The number of carbonyl (C=O) groups excluding carboxylic acids is 1. The second kappa shape index (κ2) is 5.36. The van der Waals surface area contributed by atoms with Crippen LogP contribution in [-0.4, -0.2) is 5.91 Å². The summed E-state index contributed by atoms with van der Waals surface area (Å²) in [5, 5.41) is 5.02. The number of nitrogens with one attached hydrogen (secondary N) is 1. The van der Waals surface area contributed by atoms with Crippen LogP contribution in [0.4, 0.5) is 0 Å². The third-order valence-electron chi connectivity index (χ3n) is 3.00. The van der Waals surface area contributed by atoms with Gasteiger partial charge in [0.05, 0.1) is 6.54 Å². The molecule has 0 radical (unpaired) electrons. The molecule has 2 rings (SSSR count). The van der Waals surface area contributed by atoms with E-state index in [9.17, 15) is 4.79 Å². The van der Waals surface area contributed by atoms with Crippen molar-refractivity contribution < 1.29 is 4.79 Å². The summed E-state index contributed by atoms with van der Waals surface area (Å²) in [4.78, 5) is 13.3. The van der Waals surface area contributed by atoms with Crippen LogP contribution in [0.3, 0.4) is 0 Å². The number of rotatable bonds is 3. The lowest BCUT2D eigenvalue weighted by Crippen LogP contribution is -2.23. The van der Waals surface area contributed by atoms with Gasteiger partial charge in [0, 0.05) is 10.4 Å². The van der Waals surface area contributed by atoms with Gasteiger partial charge in [-0.15, -0.1) is 11.3 Å². The van der Waals surface area contributed by atoms with E-state index in [1.807, 2.05) is 37.4 Å². The molecule has 0 bridgehead atoms. The van der Waals surface area contributed by atoms with E-state index in [0.29, 0.717) is 6.54 Å². The molecule has 0 unspecified atom stereocenters. The van der Waals surface area contributed by atoms with Gasteiger partial charge < -0.3 is 5.32 Å². The molecule has 0 aliphatic carbocycles. The quantitative estimate of drug-likeness (QED) is 0.896. The van der Waals surface area contributed by atoms with Gasteiger partial charge in [-0.3, -0.25) is 4.79 Å². The molecule has 1 aromatic heterocycles. The highest BCUT2D eigenvalue weighted by Gasteiger charge is 2.09. The van der Waals surface area contributed by atoms with Crippen molar-refractivity contribution in [1.29, 1.82) is 0 Å². The second-order valence-corrected chi connectivity index (χ2v) is 5.53. The van der Waals surface area contributed by atoms with Crippen molar-refractivity contribution in [3.05, 3.63) is 56.8 Å². The molecule has 0 aliphatic rings. The van der Waals surface area contributed by atoms with Crippen molar-refractivity contribution in [3.8, 4) is 0 Å². The third kappa shape index (κ3) is 2.79. The number of hydrogen-bond acceptors (Lipinski definition) is 2. The lowest BCUT2D eigenvalue weighted by molar-refractivity contribution is 0.0950. The average molecular weight is 259 g/mol. The third-order valence-corrected chi connectivity index (χ3v) is 4.03. The number of amides is 1. The Morgan fingerprint density at radius 1 is 1.17 bits per heavy atom. The Morgan fingerprint density at radius 2 is 1.94 bits per heavy atom. The smallest absolute Gasteiger partial charge is 0.251 e. The SMILES string of the molecule is Cc1ccc(C(=O)NCc2sccc2C)c(C)c1. The molecular weight excluding hydrogens is 242 g/mol. The molecule has 1 aromatic carbocycles. The number of benzene rings is 1. The fourth-order valence-corrected chi connectivity index (χ4v) is 2.76. The Hall–Kier alpha value is -1.61. The van der Waals surface area contributed by atoms with Crippen LogP contribution in [0.2, 0.25) is 0 Å². The Morgan fingerprint density at radius 3 is 2.56 bits per heavy atom. The molecule has 1 heterocycles. The summed E-state index contributed by atoms with van der Waals surface area (Å²) in [6.07, 6.45) is 0. The highest BCUT2D eigenvalue weighted by molar-refractivity contribution is 7.10. The minimum atomic E-state index is 0.000278. The molecule has 0 fully saturated rings. The maximum Gasteiger partial charge on any atom is 0.251 e. The predicted octanol–water partition coefficient (Wildman–Crippen LogP) is 3.60. The number of hydrogen-bond donors (Lipinski definition) is 1. The fraction of sp³-hybridized carbons (Fsp3) is 0.267. The number of aryl methyl sites for hydroxylation is 3. The predicted molar refractivity (Wildman–Crippen MR) is 76.1 cm³/mol. The van der Waals surface area contributed by atoms with Crippen LogP contribution in [0.25, 0.3) is 0 Å². The summed E-state index contributed by atoms with van der Waals surface area (Å²) in [7, 11) is 0. The zero-order chi connectivity index (χ0) is 13.1. The van der Waals surface area contributed by atoms with E-state index in [1.54, 1.807) is 11.3 Å². The van der Waals surface area contributed by atoms with Crippen LogP contribution in [0.5, 0.6) is 0 Å². The van der Waals surface area contributed by atoms with E-state index in [0.717, 1.165) is 11.1 Å². The van der Waals surface area contributed by atoms with Gasteiger partial charge >= 0.3 is 0 Å². The van der Waals surface area contributed by atoms with Gasteiger partial charge in [-0.05, 0) is 49.4 Å². The number of carbonyl (C=O) groups is 1.